The van der Waals surface area contributed by atoms with Crippen LogP contribution in [0, 0.1) is 12.7 Å². The van der Waals surface area contributed by atoms with Gasteiger partial charge in [0, 0.05) is 7.05 Å². The van der Waals surface area contributed by atoms with E-state index in [2.05, 4.69) is 5.10 Å². The maximum absolute atomic E-state index is 13.8. The van der Waals surface area contributed by atoms with Gasteiger partial charge in [-0.15, -0.1) is 0 Å². The van der Waals surface area contributed by atoms with Crippen LogP contribution < -0.4 is 0 Å². The van der Waals surface area contributed by atoms with E-state index in [9.17, 15) is 9.18 Å². The minimum Gasteiger partial charge on any atom is -0.294 e. The van der Waals surface area contributed by atoms with E-state index in [4.69, 9.17) is 23.2 Å². The van der Waals surface area contributed by atoms with Crippen LogP contribution in [0.15, 0.2) is 18.2 Å². The predicted octanol–water partition coefficient (Wildman–Crippen LogP) is 3.60. The Hall–Kier alpha value is -1.39. The number of carbonyl (C=O) groups is 1. The van der Waals surface area contributed by atoms with Gasteiger partial charge in [0.1, 0.15) is 0 Å². The normalized spacial score (nSPS) is 10.8. The fourth-order valence-corrected chi connectivity index (χ4v) is 2.24. The van der Waals surface area contributed by atoms with Gasteiger partial charge in [0.15, 0.2) is 11.6 Å². The first-order valence-corrected chi connectivity index (χ1v) is 6.32. The zero-order chi connectivity index (χ0) is 14.2. The van der Waals surface area contributed by atoms with Crippen molar-refractivity contribution in [2.24, 2.45) is 7.05 Å². The molecule has 0 spiro atoms. The van der Waals surface area contributed by atoms with Gasteiger partial charge in [-0.3, -0.25) is 9.48 Å². The van der Waals surface area contributed by atoms with Gasteiger partial charge in [-0.2, -0.15) is 5.10 Å². The van der Waals surface area contributed by atoms with Crippen LogP contribution in [0.25, 0.3) is 0 Å². The van der Waals surface area contributed by atoms with Crippen molar-refractivity contribution in [3.05, 3.63) is 51.0 Å². The molecule has 2 aromatic rings. The van der Waals surface area contributed by atoms with E-state index in [1.807, 2.05) is 0 Å². The van der Waals surface area contributed by atoms with Crippen molar-refractivity contribution < 1.29 is 9.18 Å². The minimum absolute atomic E-state index is 0.0204. The minimum atomic E-state index is -0.704. The van der Waals surface area contributed by atoms with Crippen LogP contribution in [0.1, 0.15) is 21.7 Å². The highest BCUT2D eigenvalue weighted by atomic mass is 35.5. The van der Waals surface area contributed by atoms with Crippen molar-refractivity contribution in [1.82, 2.24) is 9.78 Å². The Morgan fingerprint density at radius 1 is 1.42 bits per heavy atom. The zero-order valence-corrected chi connectivity index (χ0v) is 11.9. The Morgan fingerprint density at radius 3 is 2.68 bits per heavy atom. The average Bonchev–Trinajstić information content (AvgIpc) is 2.59. The van der Waals surface area contributed by atoms with Crippen molar-refractivity contribution in [1.29, 1.82) is 0 Å². The second kappa shape index (κ2) is 5.31. The molecular formula is C13H11Cl2FN2O. The zero-order valence-electron chi connectivity index (χ0n) is 10.4. The smallest absolute Gasteiger partial charge is 0.171 e. The molecule has 1 aromatic carbocycles. The molecule has 0 N–H and O–H groups in total. The molecule has 6 heteroatoms. The summed E-state index contributed by atoms with van der Waals surface area (Å²) in [5.41, 5.74) is 1.16. The fourth-order valence-electron chi connectivity index (χ4n) is 1.84. The van der Waals surface area contributed by atoms with E-state index in [1.165, 1.54) is 22.9 Å². The fraction of sp³-hybridized carbons (Fsp3) is 0.231. The molecule has 0 saturated heterocycles. The Morgan fingerprint density at radius 2 is 2.11 bits per heavy atom. The molecule has 0 unspecified atom stereocenters. The Kier molecular flexibility index (Phi) is 3.92. The maximum Gasteiger partial charge on any atom is 0.171 e. The molecule has 0 saturated carbocycles. The number of carbonyl (C=O) groups excluding carboxylic acids is 1. The van der Waals surface area contributed by atoms with Gasteiger partial charge in [0.2, 0.25) is 0 Å². The van der Waals surface area contributed by atoms with Crippen LogP contribution >= 0.6 is 23.2 Å². The summed E-state index contributed by atoms with van der Waals surface area (Å²) >= 11 is 11.7. The van der Waals surface area contributed by atoms with E-state index in [0.29, 0.717) is 16.4 Å². The summed E-state index contributed by atoms with van der Waals surface area (Å²) in [5, 5.41) is 4.47. The van der Waals surface area contributed by atoms with Gasteiger partial charge in [-0.05, 0) is 19.1 Å². The number of hydrogen-bond acceptors (Lipinski definition) is 2. The quantitative estimate of drug-likeness (QED) is 0.812. The Bertz CT molecular complexity index is 652. The third-order valence-corrected chi connectivity index (χ3v) is 3.63. The van der Waals surface area contributed by atoms with Crippen LogP contribution in [0.3, 0.4) is 0 Å². The lowest BCUT2D eigenvalue weighted by atomic mass is 10.1. The van der Waals surface area contributed by atoms with Gasteiger partial charge in [-0.1, -0.05) is 29.3 Å². The summed E-state index contributed by atoms with van der Waals surface area (Å²) in [4.78, 5) is 12.1. The van der Waals surface area contributed by atoms with Crippen LogP contribution in [-0.4, -0.2) is 15.6 Å². The third-order valence-electron chi connectivity index (χ3n) is 2.84. The highest BCUT2D eigenvalue weighted by Gasteiger charge is 2.19. The summed E-state index contributed by atoms with van der Waals surface area (Å²) in [5.74, 6) is -1.09. The predicted molar refractivity (Wildman–Crippen MR) is 72.4 cm³/mol. The van der Waals surface area contributed by atoms with E-state index < -0.39 is 5.82 Å². The van der Waals surface area contributed by atoms with Gasteiger partial charge in [0.25, 0.3) is 0 Å². The SMILES string of the molecule is Cc1nn(C)c(CC(=O)c2cccc(Cl)c2F)c1Cl. The molecule has 0 aliphatic heterocycles. The molecule has 0 aliphatic rings. The second-order valence-electron chi connectivity index (χ2n) is 4.17. The highest BCUT2D eigenvalue weighted by molar-refractivity contribution is 6.32. The summed E-state index contributed by atoms with van der Waals surface area (Å²) in [6.07, 6.45) is -0.0204. The number of rotatable bonds is 3. The lowest BCUT2D eigenvalue weighted by Crippen LogP contribution is -2.10. The molecule has 1 aromatic heterocycles. The molecule has 3 nitrogen and oxygen atoms in total. The molecule has 100 valence electrons. The van der Waals surface area contributed by atoms with E-state index in [0.717, 1.165) is 0 Å². The largest absolute Gasteiger partial charge is 0.294 e. The monoisotopic (exact) mass is 300 g/mol. The number of nitrogens with zero attached hydrogens (tertiary/aromatic N) is 2. The molecule has 0 aliphatic carbocycles. The number of benzene rings is 1. The standard InChI is InChI=1S/C13H11Cl2FN2O/c1-7-12(15)10(18(2)17-7)6-11(19)8-4-3-5-9(14)13(8)16/h3-5H,6H2,1-2H3. The number of Topliss-reactive ketones (excluding diaryl/α,β-unsaturated/α-hetero) is 1. The van der Waals surface area contributed by atoms with Gasteiger partial charge < -0.3 is 0 Å². The van der Waals surface area contributed by atoms with Crippen molar-refractivity contribution in [3.8, 4) is 0 Å². The van der Waals surface area contributed by atoms with Crippen LogP contribution in [-0.2, 0) is 13.5 Å². The van der Waals surface area contributed by atoms with Gasteiger partial charge in [-0.25, -0.2) is 4.39 Å². The molecule has 0 bridgehead atoms. The summed E-state index contributed by atoms with van der Waals surface area (Å²) in [6, 6.07) is 4.34. The lowest BCUT2D eigenvalue weighted by molar-refractivity contribution is 0.0987. The first-order valence-electron chi connectivity index (χ1n) is 5.57. The highest BCUT2D eigenvalue weighted by Crippen LogP contribution is 2.23. The molecular weight excluding hydrogens is 290 g/mol. The van der Waals surface area contributed by atoms with Crippen LogP contribution in [0.4, 0.5) is 4.39 Å². The number of aromatic nitrogens is 2. The van der Waals surface area contributed by atoms with E-state index in [1.54, 1.807) is 14.0 Å². The number of halogens is 3. The summed E-state index contributed by atoms with van der Waals surface area (Å²) in [7, 11) is 1.69. The van der Waals surface area contributed by atoms with E-state index >= 15 is 0 Å². The van der Waals surface area contributed by atoms with Crippen molar-refractivity contribution in [2.45, 2.75) is 13.3 Å². The topological polar surface area (TPSA) is 34.9 Å². The summed E-state index contributed by atoms with van der Waals surface area (Å²) in [6.45, 7) is 1.75. The first kappa shape index (κ1) is 14.0. The number of aryl methyl sites for hydroxylation is 2. The van der Waals surface area contributed by atoms with Crippen molar-refractivity contribution in [2.75, 3.05) is 0 Å². The molecule has 0 radical (unpaired) electrons. The molecule has 0 fully saturated rings. The maximum atomic E-state index is 13.8. The number of ketones is 1. The first-order chi connectivity index (χ1) is 8.91. The average molecular weight is 301 g/mol. The molecule has 2 rings (SSSR count). The third kappa shape index (κ3) is 2.65. The number of hydrogen-bond donors (Lipinski definition) is 0. The van der Waals surface area contributed by atoms with Crippen LogP contribution in [0.5, 0.6) is 0 Å². The van der Waals surface area contributed by atoms with Gasteiger partial charge in [0.05, 0.1) is 33.4 Å². The molecule has 19 heavy (non-hydrogen) atoms. The molecule has 0 amide bonds. The Balaban J connectivity index is 2.34. The Labute approximate surface area is 119 Å². The second-order valence-corrected chi connectivity index (χ2v) is 4.96. The van der Waals surface area contributed by atoms with Crippen LogP contribution in [0.2, 0.25) is 10.0 Å². The molecule has 1 heterocycles. The van der Waals surface area contributed by atoms with Gasteiger partial charge >= 0.3 is 0 Å². The van der Waals surface area contributed by atoms with Crippen molar-refractivity contribution >= 4 is 29.0 Å². The van der Waals surface area contributed by atoms with E-state index in [-0.39, 0.29) is 22.8 Å². The van der Waals surface area contributed by atoms with Crippen molar-refractivity contribution in [3.63, 3.8) is 0 Å². The molecule has 0 atom stereocenters. The summed E-state index contributed by atoms with van der Waals surface area (Å²) < 4.78 is 15.3. The lowest BCUT2D eigenvalue weighted by Gasteiger charge is -2.05.